The fraction of sp³-hybridized carbons (Fsp3) is 0.714. The van der Waals surface area contributed by atoms with Crippen LogP contribution in [-0.4, -0.2) is 24.0 Å². The van der Waals surface area contributed by atoms with E-state index in [1.165, 1.54) is 0 Å². The van der Waals surface area contributed by atoms with Crippen molar-refractivity contribution in [2.24, 2.45) is 5.41 Å². The molecule has 0 bridgehead atoms. The largest absolute Gasteiger partial charge is 0.350 e. The van der Waals surface area contributed by atoms with E-state index in [2.05, 4.69) is 22.5 Å². The molecule has 0 unspecified atom stereocenters. The van der Waals surface area contributed by atoms with Crippen LogP contribution in [0.2, 0.25) is 0 Å². The molecule has 1 saturated heterocycles. The number of piperidine rings is 1. The summed E-state index contributed by atoms with van der Waals surface area (Å²) in [6.07, 6.45) is 3.94. The summed E-state index contributed by atoms with van der Waals surface area (Å²) in [6, 6.07) is 0. The lowest BCUT2D eigenvalue weighted by atomic mass is 9.74. The molecule has 4 nitrogen and oxygen atoms in total. The van der Waals surface area contributed by atoms with Crippen molar-refractivity contribution in [2.75, 3.05) is 13.1 Å². The Morgan fingerprint density at radius 2 is 2.26 bits per heavy atom. The summed E-state index contributed by atoms with van der Waals surface area (Å²) in [4.78, 5) is 16.9. The zero-order chi connectivity index (χ0) is 13.7. The van der Waals surface area contributed by atoms with Crippen LogP contribution in [0, 0.1) is 12.3 Å². The second-order valence-corrected chi connectivity index (χ2v) is 6.38. The minimum absolute atomic E-state index is 0.162. The highest BCUT2D eigenvalue weighted by molar-refractivity contribution is 7.09. The summed E-state index contributed by atoms with van der Waals surface area (Å²) in [6.45, 7) is 6.59. The van der Waals surface area contributed by atoms with E-state index in [1.807, 2.05) is 12.3 Å². The fourth-order valence-corrected chi connectivity index (χ4v) is 3.43. The summed E-state index contributed by atoms with van der Waals surface area (Å²) >= 11 is 1.63. The van der Waals surface area contributed by atoms with E-state index in [0.717, 1.165) is 49.5 Å². The van der Waals surface area contributed by atoms with Gasteiger partial charge in [-0.3, -0.25) is 4.79 Å². The Balaban J connectivity index is 1.95. The monoisotopic (exact) mass is 281 g/mol. The van der Waals surface area contributed by atoms with E-state index in [0.29, 0.717) is 6.54 Å². The normalized spacial score (nSPS) is 18.2. The quantitative estimate of drug-likeness (QED) is 0.870. The molecule has 0 spiro atoms. The van der Waals surface area contributed by atoms with Gasteiger partial charge in [0.15, 0.2) is 0 Å². The second-order valence-electron chi connectivity index (χ2n) is 5.32. The molecule has 19 heavy (non-hydrogen) atoms. The van der Waals surface area contributed by atoms with Crippen LogP contribution in [0.15, 0.2) is 5.38 Å². The van der Waals surface area contributed by atoms with E-state index >= 15 is 0 Å². The number of aromatic nitrogens is 1. The van der Waals surface area contributed by atoms with Crippen molar-refractivity contribution in [1.82, 2.24) is 15.6 Å². The Labute approximate surface area is 119 Å². The molecule has 0 aromatic carbocycles. The number of carbonyl (C=O) groups excluding carboxylic acids is 1. The number of aryl methyl sites for hydroxylation is 1. The molecule has 1 fully saturated rings. The van der Waals surface area contributed by atoms with Gasteiger partial charge in [-0.1, -0.05) is 13.3 Å². The number of carbonyl (C=O) groups is 1. The molecule has 0 saturated carbocycles. The Hall–Kier alpha value is -0.940. The molecule has 2 N–H and O–H groups in total. The molecule has 1 aliphatic rings. The zero-order valence-electron chi connectivity index (χ0n) is 11.8. The van der Waals surface area contributed by atoms with Gasteiger partial charge in [-0.25, -0.2) is 4.98 Å². The maximum atomic E-state index is 12.5. The standard InChI is InChI=1S/C14H23N3OS/c1-3-4-14(5-7-15-8-6-14)13(18)16-9-12-10-19-11(2)17-12/h10,15H,3-9H2,1-2H3,(H,16,18). The van der Waals surface area contributed by atoms with Crippen molar-refractivity contribution in [1.29, 1.82) is 0 Å². The highest BCUT2D eigenvalue weighted by Gasteiger charge is 2.38. The van der Waals surface area contributed by atoms with Crippen molar-refractivity contribution in [3.05, 3.63) is 16.1 Å². The smallest absolute Gasteiger partial charge is 0.226 e. The van der Waals surface area contributed by atoms with Gasteiger partial charge in [-0.2, -0.15) is 0 Å². The van der Waals surface area contributed by atoms with Gasteiger partial charge in [0.2, 0.25) is 5.91 Å². The van der Waals surface area contributed by atoms with E-state index < -0.39 is 0 Å². The number of amides is 1. The predicted octanol–water partition coefficient (Wildman–Crippen LogP) is 2.24. The first-order valence-corrected chi connectivity index (χ1v) is 7.94. The van der Waals surface area contributed by atoms with Crippen LogP contribution in [-0.2, 0) is 11.3 Å². The molecule has 1 amide bonds. The first-order chi connectivity index (χ1) is 9.16. The third kappa shape index (κ3) is 3.54. The Kier molecular flexibility index (Phi) is 4.93. The first kappa shape index (κ1) is 14.5. The van der Waals surface area contributed by atoms with Crippen molar-refractivity contribution >= 4 is 17.2 Å². The summed E-state index contributed by atoms with van der Waals surface area (Å²) in [7, 11) is 0. The lowest BCUT2D eigenvalue weighted by Crippen LogP contribution is -2.47. The first-order valence-electron chi connectivity index (χ1n) is 7.06. The summed E-state index contributed by atoms with van der Waals surface area (Å²) in [5.41, 5.74) is 0.807. The molecule has 0 aliphatic carbocycles. The van der Waals surface area contributed by atoms with Crippen LogP contribution in [0.4, 0.5) is 0 Å². The fourth-order valence-electron chi connectivity index (χ4n) is 2.82. The third-order valence-corrected chi connectivity index (χ3v) is 4.69. The van der Waals surface area contributed by atoms with Crippen LogP contribution in [0.25, 0.3) is 0 Å². The molecule has 2 heterocycles. The average Bonchev–Trinajstić information content (AvgIpc) is 2.83. The van der Waals surface area contributed by atoms with Gasteiger partial charge in [-0.15, -0.1) is 11.3 Å². The van der Waals surface area contributed by atoms with Crippen LogP contribution in [0.3, 0.4) is 0 Å². The Morgan fingerprint density at radius 1 is 1.53 bits per heavy atom. The molecular weight excluding hydrogens is 258 g/mol. The second kappa shape index (κ2) is 6.48. The van der Waals surface area contributed by atoms with Crippen molar-refractivity contribution in [3.8, 4) is 0 Å². The van der Waals surface area contributed by atoms with Gasteiger partial charge in [-0.05, 0) is 39.3 Å². The van der Waals surface area contributed by atoms with Crippen molar-refractivity contribution < 1.29 is 4.79 Å². The van der Waals surface area contributed by atoms with Crippen LogP contribution < -0.4 is 10.6 Å². The van der Waals surface area contributed by atoms with Gasteiger partial charge >= 0.3 is 0 Å². The molecule has 1 aliphatic heterocycles. The van der Waals surface area contributed by atoms with E-state index in [1.54, 1.807) is 11.3 Å². The highest BCUT2D eigenvalue weighted by Crippen LogP contribution is 2.34. The van der Waals surface area contributed by atoms with E-state index in [9.17, 15) is 4.79 Å². The van der Waals surface area contributed by atoms with Gasteiger partial charge in [0.25, 0.3) is 0 Å². The topological polar surface area (TPSA) is 54.0 Å². The lowest BCUT2D eigenvalue weighted by molar-refractivity contribution is -0.133. The maximum Gasteiger partial charge on any atom is 0.226 e. The zero-order valence-corrected chi connectivity index (χ0v) is 12.6. The number of rotatable bonds is 5. The number of thiazole rings is 1. The third-order valence-electron chi connectivity index (χ3n) is 3.87. The minimum Gasteiger partial charge on any atom is -0.350 e. The van der Waals surface area contributed by atoms with Gasteiger partial charge < -0.3 is 10.6 Å². The van der Waals surface area contributed by atoms with E-state index in [-0.39, 0.29) is 11.3 Å². The maximum absolute atomic E-state index is 12.5. The molecule has 2 rings (SSSR count). The van der Waals surface area contributed by atoms with Crippen LogP contribution in [0.5, 0.6) is 0 Å². The molecule has 1 aromatic heterocycles. The molecule has 0 atom stereocenters. The summed E-state index contributed by atoms with van der Waals surface area (Å²) in [5.74, 6) is 0.210. The van der Waals surface area contributed by atoms with Crippen LogP contribution >= 0.6 is 11.3 Å². The number of nitrogens with zero attached hydrogens (tertiary/aromatic N) is 1. The molecule has 0 radical (unpaired) electrons. The average molecular weight is 281 g/mol. The van der Waals surface area contributed by atoms with Crippen LogP contribution in [0.1, 0.15) is 43.3 Å². The highest BCUT2D eigenvalue weighted by atomic mass is 32.1. The number of hydrogen-bond donors (Lipinski definition) is 2. The minimum atomic E-state index is -0.162. The van der Waals surface area contributed by atoms with E-state index in [4.69, 9.17) is 0 Å². The number of nitrogens with one attached hydrogen (secondary N) is 2. The van der Waals surface area contributed by atoms with Gasteiger partial charge in [0.1, 0.15) is 0 Å². The molecule has 5 heteroatoms. The predicted molar refractivity (Wildman–Crippen MR) is 78.1 cm³/mol. The van der Waals surface area contributed by atoms with Crippen molar-refractivity contribution in [3.63, 3.8) is 0 Å². The number of hydrogen-bond acceptors (Lipinski definition) is 4. The van der Waals surface area contributed by atoms with Crippen molar-refractivity contribution in [2.45, 2.75) is 46.1 Å². The molecule has 1 aromatic rings. The SMILES string of the molecule is CCCC1(C(=O)NCc2csc(C)n2)CCNCC1. The van der Waals surface area contributed by atoms with Gasteiger partial charge in [0, 0.05) is 5.38 Å². The summed E-state index contributed by atoms with van der Waals surface area (Å²) < 4.78 is 0. The summed E-state index contributed by atoms with van der Waals surface area (Å²) in [5, 5.41) is 9.49. The Morgan fingerprint density at radius 3 is 2.84 bits per heavy atom. The Bertz CT molecular complexity index is 419. The molecular formula is C14H23N3OS. The van der Waals surface area contributed by atoms with Gasteiger partial charge in [0.05, 0.1) is 22.7 Å². The lowest BCUT2D eigenvalue weighted by Gasteiger charge is -2.36. The molecule has 106 valence electrons.